The number of alkyl halides is 3. The maximum Gasteiger partial charge on any atom is 0.431 e. The van der Waals surface area contributed by atoms with Crippen molar-refractivity contribution < 1.29 is 23.1 Å². The molecule has 1 N–H and O–H groups in total. The second-order valence-corrected chi connectivity index (χ2v) is 3.52. The number of carbonyl (C=O) groups is 1. The molecule has 2 rings (SSSR count). The van der Waals surface area contributed by atoms with Gasteiger partial charge in [-0.2, -0.15) is 13.2 Å². The van der Waals surface area contributed by atoms with Crippen molar-refractivity contribution in [3.63, 3.8) is 0 Å². The van der Waals surface area contributed by atoms with Crippen molar-refractivity contribution in [2.24, 2.45) is 0 Å². The summed E-state index contributed by atoms with van der Waals surface area (Å²) in [4.78, 5) is 22.4. The molecule has 0 aromatic carbocycles. The Hall–Kier alpha value is -2.31. The van der Waals surface area contributed by atoms with E-state index in [0.717, 1.165) is 30.3 Å². The standard InChI is InChI=1S/C11H6F3NO3/c12-11(13,14)8-3-1-2-7-6(10(17)18)4-5-9(16)15(7)8/h1-5H,(H,17,18). The molecule has 0 spiro atoms. The first kappa shape index (κ1) is 12.2. The zero-order valence-corrected chi connectivity index (χ0v) is 8.73. The quantitative estimate of drug-likeness (QED) is 0.850. The van der Waals surface area contributed by atoms with Crippen LogP contribution in [0.25, 0.3) is 5.52 Å². The van der Waals surface area contributed by atoms with Gasteiger partial charge in [-0.1, -0.05) is 6.07 Å². The number of pyridine rings is 2. The Labute approximate surface area is 97.9 Å². The maximum absolute atomic E-state index is 12.7. The molecule has 0 saturated carbocycles. The van der Waals surface area contributed by atoms with Crippen LogP contribution in [0.4, 0.5) is 13.2 Å². The van der Waals surface area contributed by atoms with Gasteiger partial charge < -0.3 is 5.11 Å². The van der Waals surface area contributed by atoms with Gasteiger partial charge in [-0.3, -0.25) is 9.20 Å². The largest absolute Gasteiger partial charge is 0.478 e. The molecule has 0 aliphatic heterocycles. The van der Waals surface area contributed by atoms with E-state index in [1.807, 2.05) is 0 Å². The third kappa shape index (κ3) is 1.83. The van der Waals surface area contributed by atoms with E-state index >= 15 is 0 Å². The Bertz CT molecular complexity index is 688. The molecule has 0 fully saturated rings. The summed E-state index contributed by atoms with van der Waals surface area (Å²) in [6.07, 6.45) is -4.74. The highest BCUT2D eigenvalue weighted by Crippen LogP contribution is 2.29. The molecule has 0 bridgehead atoms. The van der Waals surface area contributed by atoms with Crippen molar-refractivity contribution >= 4 is 11.5 Å². The third-order valence-corrected chi connectivity index (χ3v) is 2.40. The summed E-state index contributed by atoms with van der Waals surface area (Å²) in [5.41, 5.74) is -2.78. The van der Waals surface area contributed by atoms with Gasteiger partial charge in [0.05, 0.1) is 11.1 Å². The number of carboxylic acids is 1. The summed E-state index contributed by atoms with van der Waals surface area (Å²) < 4.78 is 38.5. The average molecular weight is 257 g/mol. The molecule has 94 valence electrons. The summed E-state index contributed by atoms with van der Waals surface area (Å²) >= 11 is 0. The van der Waals surface area contributed by atoms with Crippen LogP contribution in [0.2, 0.25) is 0 Å². The lowest BCUT2D eigenvalue weighted by atomic mass is 10.2. The number of rotatable bonds is 1. The summed E-state index contributed by atoms with van der Waals surface area (Å²) in [6.45, 7) is 0. The Morgan fingerprint density at radius 2 is 1.83 bits per heavy atom. The highest BCUT2D eigenvalue weighted by molar-refractivity contribution is 5.95. The van der Waals surface area contributed by atoms with Crippen LogP contribution in [0.3, 0.4) is 0 Å². The molecule has 0 atom stereocenters. The lowest BCUT2D eigenvalue weighted by Crippen LogP contribution is -2.23. The molecular formula is C11H6F3NO3. The highest BCUT2D eigenvalue weighted by atomic mass is 19.4. The monoisotopic (exact) mass is 257 g/mol. The van der Waals surface area contributed by atoms with Crippen LogP contribution in [0, 0.1) is 0 Å². The van der Waals surface area contributed by atoms with Crippen molar-refractivity contribution in [3.8, 4) is 0 Å². The van der Waals surface area contributed by atoms with Gasteiger partial charge in [-0.15, -0.1) is 0 Å². The van der Waals surface area contributed by atoms with E-state index in [1.165, 1.54) is 0 Å². The summed E-state index contributed by atoms with van der Waals surface area (Å²) in [5.74, 6) is -1.40. The molecule has 0 unspecified atom stereocenters. The predicted octanol–water partition coefficient (Wildman–Crippen LogP) is 2.02. The molecule has 0 aliphatic rings. The first-order valence-corrected chi connectivity index (χ1v) is 4.77. The minimum absolute atomic E-state index is 0.287. The maximum atomic E-state index is 12.7. The average Bonchev–Trinajstić information content (AvgIpc) is 2.27. The van der Waals surface area contributed by atoms with Crippen LogP contribution in [0.1, 0.15) is 16.1 Å². The molecule has 4 nitrogen and oxygen atoms in total. The van der Waals surface area contributed by atoms with Crippen molar-refractivity contribution in [1.29, 1.82) is 0 Å². The van der Waals surface area contributed by atoms with E-state index in [4.69, 9.17) is 5.11 Å². The molecule has 0 aliphatic carbocycles. The van der Waals surface area contributed by atoms with Gasteiger partial charge in [-0.05, 0) is 18.2 Å². The topological polar surface area (TPSA) is 58.8 Å². The van der Waals surface area contributed by atoms with Gasteiger partial charge in [0.1, 0.15) is 5.69 Å². The molecule has 2 aromatic heterocycles. The first-order valence-electron chi connectivity index (χ1n) is 4.77. The number of aromatic carboxylic acids is 1. The Balaban J connectivity index is 2.98. The van der Waals surface area contributed by atoms with E-state index < -0.39 is 23.4 Å². The van der Waals surface area contributed by atoms with Gasteiger partial charge in [-0.25, -0.2) is 4.79 Å². The number of carboxylic acid groups (broad SMARTS) is 1. The van der Waals surface area contributed by atoms with Gasteiger partial charge >= 0.3 is 12.1 Å². The fraction of sp³-hybridized carbons (Fsp3) is 0.0909. The van der Waals surface area contributed by atoms with Crippen LogP contribution in [-0.4, -0.2) is 15.5 Å². The van der Waals surface area contributed by atoms with Crippen LogP contribution < -0.4 is 5.56 Å². The smallest absolute Gasteiger partial charge is 0.431 e. The number of hydrogen-bond donors (Lipinski definition) is 1. The van der Waals surface area contributed by atoms with Gasteiger partial charge in [0.15, 0.2) is 0 Å². The highest BCUT2D eigenvalue weighted by Gasteiger charge is 2.34. The van der Waals surface area contributed by atoms with Crippen molar-refractivity contribution in [3.05, 3.63) is 51.9 Å². The summed E-state index contributed by atoms with van der Waals surface area (Å²) in [6, 6.07) is 4.72. The van der Waals surface area contributed by atoms with E-state index in [2.05, 4.69) is 0 Å². The second-order valence-electron chi connectivity index (χ2n) is 3.52. The fourth-order valence-electron chi connectivity index (χ4n) is 1.67. The van der Waals surface area contributed by atoms with Crippen LogP contribution in [0.5, 0.6) is 0 Å². The lowest BCUT2D eigenvalue weighted by molar-refractivity contribution is -0.142. The first-order chi connectivity index (χ1) is 8.32. The predicted molar refractivity (Wildman–Crippen MR) is 55.6 cm³/mol. The van der Waals surface area contributed by atoms with Crippen molar-refractivity contribution in [2.45, 2.75) is 6.18 Å². The number of nitrogens with zero attached hydrogens (tertiary/aromatic N) is 1. The minimum Gasteiger partial charge on any atom is -0.478 e. The summed E-state index contributed by atoms with van der Waals surface area (Å²) in [5, 5.41) is 8.87. The fourth-order valence-corrected chi connectivity index (χ4v) is 1.67. The third-order valence-electron chi connectivity index (χ3n) is 2.40. The molecule has 0 saturated heterocycles. The van der Waals surface area contributed by atoms with E-state index in [0.29, 0.717) is 4.40 Å². The SMILES string of the molecule is O=C(O)c1ccc(=O)n2c(C(F)(F)F)cccc12. The van der Waals surface area contributed by atoms with Gasteiger partial charge in [0, 0.05) is 6.07 Å². The number of fused-ring (bicyclic) bond motifs is 1. The van der Waals surface area contributed by atoms with Gasteiger partial charge in [0.2, 0.25) is 0 Å². The number of aromatic nitrogens is 1. The Morgan fingerprint density at radius 3 is 2.39 bits per heavy atom. The number of hydrogen-bond acceptors (Lipinski definition) is 2. The molecule has 0 amide bonds. The molecule has 0 radical (unpaired) electrons. The minimum atomic E-state index is -4.74. The number of halogens is 3. The van der Waals surface area contributed by atoms with E-state index in [9.17, 15) is 22.8 Å². The molecule has 18 heavy (non-hydrogen) atoms. The van der Waals surface area contributed by atoms with Crippen LogP contribution in [0.15, 0.2) is 35.1 Å². The zero-order chi connectivity index (χ0) is 13.5. The molecule has 7 heteroatoms. The molecule has 2 aromatic rings. The normalized spacial score (nSPS) is 11.7. The Kier molecular flexibility index (Phi) is 2.61. The second kappa shape index (κ2) is 3.86. The Morgan fingerprint density at radius 1 is 1.17 bits per heavy atom. The molecule has 2 heterocycles. The van der Waals surface area contributed by atoms with Crippen molar-refractivity contribution in [2.75, 3.05) is 0 Å². The molecular weight excluding hydrogens is 251 g/mol. The summed E-state index contributed by atoms with van der Waals surface area (Å²) in [7, 11) is 0. The van der Waals surface area contributed by atoms with Crippen LogP contribution in [-0.2, 0) is 6.18 Å². The van der Waals surface area contributed by atoms with Crippen molar-refractivity contribution in [1.82, 2.24) is 4.40 Å². The van der Waals surface area contributed by atoms with Crippen LogP contribution >= 0.6 is 0 Å². The van der Waals surface area contributed by atoms with Gasteiger partial charge in [0.25, 0.3) is 5.56 Å². The van der Waals surface area contributed by atoms with E-state index in [-0.39, 0.29) is 11.1 Å². The lowest BCUT2D eigenvalue weighted by Gasteiger charge is -2.12. The van der Waals surface area contributed by atoms with E-state index in [1.54, 1.807) is 0 Å². The zero-order valence-electron chi connectivity index (χ0n) is 8.73.